The van der Waals surface area contributed by atoms with Crippen molar-refractivity contribution in [1.82, 2.24) is 10.2 Å². The van der Waals surface area contributed by atoms with Crippen molar-refractivity contribution >= 4 is 29.6 Å². The first-order valence-electron chi connectivity index (χ1n) is 12.8. The molecule has 3 aromatic carbocycles. The molecule has 40 heavy (non-hydrogen) atoms. The van der Waals surface area contributed by atoms with Crippen molar-refractivity contribution in [2.75, 3.05) is 18.5 Å². The Morgan fingerprint density at radius 1 is 1.10 bits per heavy atom. The number of hydrogen-bond acceptors (Lipinski definition) is 5. The first-order chi connectivity index (χ1) is 19.3. The van der Waals surface area contributed by atoms with Crippen LogP contribution in [0.3, 0.4) is 0 Å². The number of rotatable bonds is 11. The fourth-order valence-corrected chi connectivity index (χ4v) is 4.15. The van der Waals surface area contributed by atoms with Gasteiger partial charge in [-0.05, 0) is 73.9 Å². The lowest BCUT2D eigenvalue weighted by Crippen LogP contribution is -2.38. The van der Waals surface area contributed by atoms with Gasteiger partial charge in [0.05, 0.1) is 6.61 Å². The molecule has 9 heteroatoms. The normalized spacial score (nSPS) is 13.8. The Bertz CT molecular complexity index is 1470. The molecule has 0 aliphatic carbocycles. The maximum atomic E-state index is 13.6. The van der Waals surface area contributed by atoms with Gasteiger partial charge < -0.3 is 20.1 Å². The van der Waals surface area contributed by atoms with Gasteiger partial charge >= 0.3 is 6.03 Å². The summed E-state index contributed by atoms with van der Waals surface area (Å²) in [6, 6.07) is 16.1. The van der Waals surface area contributed by atoms with Gasteiger partial charge in [0.2, 0.25) is 5.91 Å². The molecule has 1 aliphatic heterocycles. The molecule has 4 rings (SSSR count). The molecule has 8 nitrogen and oxygen atoms in total. The van der Waals surface area contributed by atoms with Crippen LogP contribution in [0.1, 0.15) is 29.2 Å². The van der Waals surface area contributed by atoms with E-state index in [0.717, 1.165) is 16.0 Å². The van der Waals surface area contributed by atoms with Crippen molar-refractivity contribution in [2.45, 2.75) is 26.9 Å². The summed E-state index contributed by atoms with van der Waals surface area (Å²) in [4.78, 5) is 38.9. The molecule has 2 N–H and O–H groups in total. The van der Waals surface area contributed by atoms with E-state index in [1.54, 1.807) is 42.5 Å². The molecule has 0 radical (unpaired) electrons. The highest BCUT2D eigenvalue weighted by Crippen LogP contribution is 2.35. The van der Waals surface area contributed by atoms with Gasteiger partial charge in [-0.25, -0.2) is 14.1 Å². The molecule has 1 aliphatic rings. The number of nitrogens with one attached hydrogen (secondary N) is 2. The van der Waals surface area contributed by atoms with Crippen molar-refractivity contribution in [3.05, 3.63) is 107 Å². The summed E-state index contributed by atoms with van der Waals surface area (Å²) in [7, 11) is 0. The molecular weight excluding hydrogens is 513 g/mol. The van der Waals surface area contributed by atoms with Crippen molar-refractivity contribution in [2.24, 2.45) is 0 Å². The van der Waals surface area contributed by atoms with Crippen molar-refractivity contribution in [3.8, 4) is 11.5 Å². The number of anilines is 1. The average molecular weight is 544 g/mol. The van der Waals surface area contributed by atoms with Crippen LogP contribution in [0.5, 0.6) is 11.5 Å². The minimum absolute atomic E-state index is 0.0218. The number of aryl methyl sites for hydroxylation is 1. The van der Waals surface area contributed by atoms with Crippen LogP contribution in [0.2, 0.25) is 0 Å². The Balaban J connectivity index is 1.54. The van der Waals surface area contributed by atoms with Gasteiger partial charge in [-0.15, -0.1) is 6.58 Å². The smallest absolute Gasteiger partial charge is 0.329 e. The standard InChI is InChI=1S/C31H30FN3O5/c1-4-7-23-14-22(17-27(39-5-2)29(23)40-19-21-8-6-9-24(32)15-21)16-26-30(37)35(31(38)34-26)18-28(36)33-25-12-10-20(3)11-13-25/h4,6,8-17H,1,5,7,18-19H2,2-3H3,(H,33,36)(H,34,38)/b26-16+. The largest absolute Gasteiger partial charge is 0.490 e. The minimum Gasteiger partial charge on any atom is -0.490 e. The lowest BCUT2D eigenvalue weighted by Gasteiger charge is -2.17. The highest BCUT2D eigenvalue weighted by Gasteiger charge is 2.35. The number of halogens is 1. The quantitative estimate of drug-likeness (QED) is 0.193. The highest BCUT2D eigenvalue weighted by molar-refractivity contribution is 6.16. The third kappa shape index (κ3) is 6.93. The number of carbonyl (C=O) groups is 3. The molecule has 0 aromatic heterocycles. The van der Waals surface area contributed by atoms with Crippen molar-refractivity contribution < 1.29 is 28.2 Å². The molecule has 4 amide bonds. The van der Waals surface area contributed by atoms with Gasteiger partial charge in [0.15, 0.2) is 11.5 Å². The first kappa shape index (κ1) is 28.1. The van der Waals surface area contributed by atoms with E-state index in [-0.39, 0.29) is 18.1 Å². The van der Waals surface area contributed by atoms with Crippen LogP contribution in [-0.2, 0) is 22.6 Å². The van der Waals surface area contributed by atoms with Crippen LogP contribution in [0.25, 0.3) is 6.08 Å². The van der Waals surface area contributed by atoms with Gasteiger partial charge in [0, 0.05) is 11.3 Å². The summed E-state index contributed by atoms with van der Waals surface area (Å²) in [6.45, 7) is 7.61. The number of allylic oxidation sites excluding steroid dienone is 1. The molecule has 0 saturated carbocycles. The molecule has 0 bridgehead atoms. The molecule has 0 spiro atoms. The van der Waals surface area contributed by atoms with Gasteiger partial charge in [-0.2, -0.15) is 0 Å². The summed E-state index contributed by atoms with van der Waals surface area (Å²) in [6.07, 6.45) is 3.65. The second kappa shape index (κ2) is 12.8. The Kier molecular flexibility index (Phi) is 8.96. The summed E-state index contributed by atoms with van der Waals surface area (Å²) >= 11 is 0. The fourth-order valence-electron chi connectivity index (χ4n) is 4.15. The van der Waals surface area contributed by atoms with E-state index in [1.807, 2.05) is 26.0 Å². The van der Waals surface area contributed by atoms with Crippen molar-refractivity contribution in [3.63, 3.8) is 0 Å². The highest BCUT2D eigenvalue weighted by atomic mass is 19.1. The first-order valence-corrected chi connectivity index (χ1v) is 12.8. The fraction of sp³-hybridized carbons (Fsp3) is 0.194. The van der Waals surface area contributed by atoms with Crippen LogP contribution in [0, 0.1) is 12.7 Å². The third-order valence-corrected chi connectivity index (χ3v) is 6.00. The maximum Gasteiger partial charge on any atom is 0.329 e. The third-order valence-electron chi connectivity index (χ3n) is 6.00. The number of amides is 4. The number of carbonyl (C=O) groups excluding carboxylic acids is 3. The molecule has 1 heterocycles. The lowest BCUT2D eigenvalue weighted by molar-refractivity contribution is -0.127. The van der Waals surface area contributed by atoms with Gasteiger partial charge in [0.1, 0.15) is 24.7 Å². The number of ether oxygens (including phenoxy) is 2. The van der Waals surface area contributed by atoms with E-state index in [9.17, 15) is 18.8 Å². The molecular formula is C31H30FN3O5. The Labute approximate surface area is 232 Å². The molecule has 3 aromatic rings. The number of urea groups is 1. The van der Waals surface area contributed by atoms with Gasteiger partial charge in [0.25, 0.3) is 5.91 Å². The zero-order chi connectivity index (χ0) is 28.6. The average Bonchev–Trinajstić information content (AvgIpc) is 3.17. The monoisotopic (exact) mass is 543 g/mol. The molecule has 1 saturated heterocycles. The molecule has 0 atom stereocenters. The topological polar surface area (TPSA) is 97.0 Å². The number of nitrogens with zero attached hydrogens (tertiary/aromatic N) is 1. The number of hydrogen-bond donors (Lipinski definition) is 2. The zero-order valence-electron chi connectivity index (χ0n) is 22.3. The van der Waals surface area contributed by atoms with E-state index in [4.69, 9.17) is 9.47 Å². The van der Waals surface area contributed by atoms with E-state index >= 15 is 0 Å². The van der Waals surface area contributed by atoms with Crippen LogP contribution >= 0.6 is 0 Å². The Morgan fingerprint density at radius 2 is 1.88 bits per heavy atom. The molecule has 0 unspecified atom stereocenters. The van der Waals surface area contributed by atoms with Crippen molar-refractivity contribution in [1.29, 1.82) is 0 Å². The number of benzene rings is 3. The van der Waals surface area contributed by atoms with E-state index < -0.39 is 24.4 Å². The Hall–Kier alpha value is -4.92. The predicted molar refractivity (Wildman–Crippen MR) is 150 cm³/mol. The second-order valence-corrected chi connectivity index (χ2v) is 9.15. The minimum atomic E-state index is -0.693. The summed E-state index contributed by atoms with van der Waals surface area (Å²) in [5.41, 5.74) is 3.59. The van der Waals surface area contributed by atoms with Gasteiger partial charge in [-0.1, -0.05) is 35.9 Å². The van der Waals surface area contributed by atoms with Crippen LogP contribution in [0.4, 0.5) is 14.9 Å². The maximum absolute atomic E-state index is 13.6. The van der Waals surface area contributed by atoms with E-state index in [0.29, 0.717) is 41.3 Å². The Morgan fingerprint density at radius 3 is 2.58 bits per heavy atom. The van der Waals surface area contributed by atoms with Crippen LogP contribution < -0.4 is 20.1 Å². The summed E-state index contributed by atoms with van der Waals surface area (Å²) in [5, 5.41) is 5.22. The second-order valence-electron chi connectivity index (χ2n) is 9.15. The molecule has 206 valence electrons. The SMILES string of the molecule is C=CCc1cc(/C=C2/NC(=O)N(CC(=O)Nc3ccc(C)cc3)C2=O)cc(OCC)c1OCc1cccc(F)c1. The number of imide groups is 1. The lowest BCUT2D eigenvalue weighted by atomic mass is 10.0. The van der Waals surface area contributed by atoms with Gasteiger partial charge in [-0.3, -0.25) is 9.59 Å². The molecule has 1 fully saturated rings. The van der Waals surface area contributed by atoms with Crippen LogP contribution in [-0.4, -0.2) is 35.9 Å². The van der Waals surface area contributed by atoms with E-state index in [1.165, 1.54) is 18.2 Å². The zero-order valence-corrected chi connectivity index (χ0v) is 22.3. The van der Waals surface area contributed by atoms with E-state index in [2.05, 4.69) is 17.2 Å². The predicted octanol–water partition coefficient (Wildman–Crippen LogP) is 5.37. The summed E-state index contributed by atoms with van der Waals surface area (Å²) in [5.74, 6) is -0.580. The van der Waals surface area contributed by atoms with Crippen LogP contribution in [0.15, 0.2) is 79.0 Å². The summed E-state index contributed by atoms with van der Waals surface area (Å²) < 4.78 is 25.5.